The lowest BCUT2D eigenvalue weighted by atomic mass is 10.1. The first-order valence-electron chi connectivity index (χ1n) is 7.39. The molecule has 1 fully saturated rings. The van der Waals surface area contributed by atoms with E-state index < -0.39 is 12.1 Å². The Labute approximate surface area is 125 Å². The highest BCUT2D eigenvalue weighted by molar-refractivity contribution is 5.84. The quantitative estimate of drug-likeness (QED) is 0.677. The summed E-state index contributed by atoms with van der Waals surface area (Å²) >= 11 is 0. The largest absolute Gasteiger partial charge is 0.452 e. The molecule has 1 saturated heterocycles. The number of likely N-dealkylation sites (tertiary alicyclic amines) is 1. The van der Waals surface area contributed by atoms with E-state index in [0.717, 1.165) is 37.9 Å². The molecule has 2 N–H and O–H groups in total. The molecule has 2 rings (SSSR count). The number of amides is 1. The van der Waals surface area contributed by atoms with E-state index in [-0.39, 0.29) is 12.3 Å². The number of esters is 1. The molecule has 0 bridgehead atoms. The van der Waals surface area contributed by atoms with Crippen molar-refractivity contribution in [2.75, 3.05) is 18.8 Å². The highest BCUT2D eigenvalue weighted by Gasteiger charge is 2.25. The smallest absolute Gasteiger partial charge is 0.311 e. The maximum atomic E-state index is 12.2. The predicted molar refractivity (Wildman–Crippen MR) is 80.5 cm³/mol. The number of hydrogen-bond donors (Lipinski definition) is 1. The van der Waals surface area contributed by atoms with Crippen LogP contribution in [0.5, 0.6) is 0 Å². The third kappa shape index (κ3) is 4.21. The van der Waals surface area contributed by atoms with Crippen molar-refractivity contribution in [3.05, 3.63) is 29.8 Å². The molecule has 114 valence electrons. The zero-order valence-electron chi connectivity index (χ0n) is 12.4. The van der Waals surface area contributed by atoms with Crippen LogP contribution in [0, 0.1) is 0 Å². The Morgan fingerprint density at radius 2 is 1.90 bits per heavy atom. The van der Waals surface area contributed by atoms with E-state index in [2.05, 4.69) is 0 Å². The molecule has 5 heteroatoms. The lowest BCUT2D eigenvalue weighted by molar-refractivity contribution is -0.159. The number of nitrogens with two attached hydrogens (primary N) is 1. The van der Waals surface area contributed by atoms with Crippen LogP contribution in [0.25, 0.3) is 0 Å². The van der Waals surface area contributed by atoms with Gasteiger partial charge < -0.3 is 15.4 Å². The van der Waals surface area contributed by atoms with Crippen molar-refractivity contribution in [3.63, 3.8) is 0 Å². The topological polar surface area (TPSA) is 72.6 Å². The second-order valence-corrected chi connectivity index (χ2v) is 5.39. The van der Waals surface area contributed by atoms with Crippen molar-refractivity contribution in [1.82, 2.24) is 4.90 Å². The molecule has 0 aromatic heterocycles. The summed E-state index contributed by atoms with van der Waals surface area (Å²) in [6, 6.07) is 7.16. The minimum Gasteiger partial charge on any atom is -0.452 e. The third-order valence-corrected chi connectivity index (χ3v) is 3.71. The molecule has 1 aliphatic heterocycles. The SMILES string of the molecule is CC(OC(=O)Cc1ccccc1N)C(=O)N1CCCCC1. The van der Waals surface area contributed by atoms with Crippen LogP contribution in [-0.4, -0.2) is 36.0 Å². The van der Waals surface area contributed by atoms with Crippen LogP contribution in [0.3, 0.4) is 0 Å². The lowest BCUT2D eigenvalue weighted by Gasteiger charge is -2.28. The monoisotopic (exact) mass is 290 g/mol. The number of nitrogen functional groups attached to an aromatic ring is 1. The molecule has 1 amide bonds. The number of piperidine rings is 1. The van der Waals surface area contributed by atoms with Gasteiger partial charge in [0.25, 0.3) is 5.91 Å². The predicted octanol–water partition coefficient (Wildman–Crippen LogP) is 1.76. The summed E-state index contributed by atoms with van der Waals surface area (Å²) in [4.78, 5) is 25.9. The first-order valence-corrected chi connectivity index (χ1v) is 7.39. The van der Waals surface area contributed by atoms with Crippen LogP contribution in [0.1, 0.15) is 31.7 Å². The molecule has 0 saturated carbocycles. The number of rotatable bonds is 4. The molecule has 1 unspecified atom stereocenters. The first kappa shape index (κ1) is 15.4. The first-order chi connectivity index (χ1) is 10.1. The van der Waals surface area contributed by atoms with Gasteiger partial charge in [-0.3, -0.25) is 9.59 Å². The van der Waals surface area contributed by atoms with Crippen molar-refractivity contribution >= 4 is 17.6 Å². The standard InChI is InChI=1S/C16H22N2O3/c1-12(16(20)18-9-5-2-6-10-18)21-15(19)11-13-7-3-4-8-14(13)17/h3-4,7-8,12H,2,5-6,9-11,17H2,1H3. The zero-order chi connectivity index (χ0) is 15.2. The molecule has 0 radical (unpaired) electrons. The van der Waals surface area contributed by atoms with E-state index in [9.17, 15) is 9.59 Å². The molecule has 1 atom stereocenters. The molecule has 0 aliphatic carbocycles. The van der Waals surface area contributed by atoms with Crippen LogP contribution in [-0.2, 0) is 20.7 Å². The summed E-state index contributed by atoms with van der Waals surface area (Å²) in [7, 11) is 0. The Balaban J connectivity index is 1.87. The summed E-state index contributed by atoms with van der Waals surface area (Å²) in [5.41, 5.74) is 7.08. The van der Waals surface area contributed by atoms with E-state index in [1.54, 1.807) is 24.0 Å². The number of anilines is 1. The Hall–Kier alpha value is -2.04. The van der Waals surface area contributed by atoms with Gasteiger partial charge in [-0.2, -0.15) is 0 Å². The fourth-order valence-electron chi connectivity index (χ4n) is 2.51. The molecule has 5 nitrogen and oxygen atoms in total. The average Bonchev–Trinajstić information content (AvgIpc) is 2.49. The van der Waals surface area contributed by atoms with Gasteiger partial charge in [-0.25, -0.2) is 0 Å². The van der Waals surface area contributed by atoms with E-state index in [1.807, 2.05) is 12.1 Å². The van der Waals surface area contributed by atoms with Gasteiger partial charge in [0.05, 0.1) is 6.42 Å². The van der Waals surface area contributed by atoms with Crippen LogP contribution in [0.15, 0.2) is 24.3 Å². The normalized spacial score (nSPS) is 16.3. The van der Waals surface area contributed by atoms with Gasteiger partial charge in [0.1, 0.15) is 0 Å². The molecule has 1 aliphatic rings. The van der Waals surface area contributed by atoms with E-state index in [0.29, 0.717) is 5.69 Å². The maximum absolute atomic E-state index is 12.2. The van der Waals surface area contributed by atoms with E-state index in [1.165, 1.54) is 0 Å². The van der Waals surface area contributed by atoms with Crippen molar-refractivity contribution in [3.8, 4) is 0 Å². The molecular weight excluding hydrogens is 268 g/mol. The van der Waals surface area contributed by atoms with Crippen LogP contribution in [0.4, 0.5) is 5.69 Å². The number of nitrogens with zero attached hydrogens (tertiary/aromatic N) is 1. The number of benzene rings is 1. The highest BCUT2D eigenvalue weighted by Crippen LogP contribution is 2.14. The number of hydrogen-bond acceptors (Lipinski definition) is 4. The van der Waals surface area contributed by atoms with Crippen LogP contribution < -0.4 is 5.73 Å². The summed E-state index contributed by atoms with van der Waals surface area (Å²) in [5, 5.41) is 0. The van der Waals surface area contributed by atoms with E-state index >= 15 is 0 Å². The number of carbonyl (C=O) groups excluding carboxylic acids is 2. The Kier molecular flexibility index (Phi) is 5.20. The second-order valence-electron chi connectivity index (χ2n) is 5.39. The number of carbonyl (C=O) groups is 2. The van der Waals surface area contributed by atoms with Gasteiger partial charge in [-0.1, -0.05) is 18.2 Å². The van der Waals surface area contributed by atoms with Gasteiger partial charge in [0.2, 0.25) is 0 Å². The molecular formula is C16H22N2O3. The van der Waals surface area contributed by atoms with Gasteiger partial charge in [0.15, 0.2) is 6.10 Å². The summed E-state index contributed by atoms with van der Waals surface area (Å²) in [5.74, 6) is -0.533. The number of ether oxygens (including phenoxy) is 1. The van der Waals surface area contributed by atoms with Crippen LogP contribution >= 0.6 is 0 Å². The molecule has 21 heavy (non-hydrogen) atoms. The molecule has 0 spiro atoms. The van der Waals surface area contributed by atoms with Gasteiger partial charge in [0, 0.05) is 18.8 Å². The van der Waals surface area contributed by atoms with Crippen molar-refractivity contribution < 1.29 is 14.3 Å². The zero-order valence-corrected chi connectivity index (χ0v) is 12.4. The van der Waals surface area contributed by atoms with Gasteiger partial charge in [-0.05, 0) is 37.8 Å². The minimum absolute atomic E-state index is 0.0876. The third-order valence-electron chi connectivity index (χ3n) is 3.71. The Bertz CT molecular complexity index is 510. The van der Waals surface area contributed by atoms with Crippen molar-refractivity contribution in [2.24, 2.45) is 0 Å². The van der Waals surface area contributed by atoms with Gasteiger partial charge >= 0.3 is 5.97 Å². The number of para-hydroxylation sites is 1. The Morgan fingerprint density at radius 1 is 1.24 bits per heavy atom. The minimum atomic E-state index is -0.736. The molecule has 1 aromatic rings. The summed E-state index contributed by atoms with van der Waals surface area (Å²) in [6.07, 6.45) is 2.55. The summed E-state index contributed by atoms with van der Waals surface area (Å²) < 4.78 is 5.24. The Morgan fingerprint density at radius 3 is 2.57 bits per heavy atom. The second kappa shape index (κ2) is 7.11. The molecule has 1 heterocycles. The fraction of sp³-hybridized carbons (Fsp3) is 0.500. The van der Waals surface area contributed by atoms with Crippen molar-refractivity contribution in [2.45, 2.75) is 38.7 Å². The van der Waals surface area contributed by atoms with Crippen LogP contribution in [0.2, 0.25) is 0 Å². The lowest BCUT2D eigenvalue weighted by Crippen LogP contribution is -2.42. The molecule has 1 aromatic carbocycles. The van der Waals surface area contributed by atoms with E-state index in [4.69, 9.17) is 10.5 Å². The van der Waals surface area contributed by atoms with Gasteiger partial charge in [-0.15, -0.1) is 0 Å². The maximum Gasteiger partial charge on any atom is 0.311 e. The van der Waals surface area contributed by atoms with Crippen molar-refractivity contribution in [1.29, 1.82) is 0 Å². The summed E-state index contributed by atoms with van der Waals surface area (Å²) in [6.45, 7) is 3.14. The highest BCUT2D eigenvalue weighted by atomic mass is 16.5. The fourth-order valence-corrected chi connectivity index (χ4v) is 2.51. The average molecular weight is 290 g/mol.